The molecule has 3 aliphatic rings. The number of hydrogen-bond donors (Lipinski definition) is 0. The van der Waals surface area contributed by atoms with Crippen molar-refractivity contribution in [3.05, 3.63) is 129 Å². The van der Waals surface area contributed by atoms with Gasteiger partial charge < -0.3 is 19.3 Å². The van der Waals surface area contributed by atoms with E-state index in [1.165, 1.54) is 0 Å². The Morgan fingerprint density at radius 3 is 1.41 bits per heavy atom. The summed E-state index contributed by atoms with van der Waals surface area (Å²) in [6.07, 6.45) is -0.175. The minimum Gasteiger partial charge on any atom is -0.466 e. The van der Waals surface area contributed by atoms with Crippen LogP contribution in [0.4, 0.5) is 11.4 Å². The molecule has 1 aliphatic carbocycles. The van der Waals surface area contributed by atoms with Gasteiger partial charge in [-0.25, -0.2) is 0 Å². The second-order valence-electron chi connectivity index (χ2n) is 12.5. The molecule has 49 heavy (non-hydrogen) atoms. The topological polar surface area (TPSA) is 93.2 Å². The van der Waals surface area contributed by atoms with E-state index in [1.54, 1.807) is 60.0 Å². The molecule has 7 rings (SSSR count). The first-order valence-corrected chi connectivity index (χ1v) is 17.1. The van der Waals surface area contributed by atoms with E-state index < -0.39 is 46.4 Å². The summed E-state index contributed by atoms with van der Waals surface area (Å²) >= 11 is 13.4. The smallest absolute Gasteiger partial charge is 0.310 e. The Labute approximate surface area is 294 Å². The number of halogens is 2. The van der Waals surface area contributed by atoms with E-state index in [0.29, 0.717) is 32.5 Å². The molecule has 2 aliphatic heterocycles. The van der Waals surface area contributed by atoms with Crippen LogP contribution in [0.5, 0.6) is 0 Å². The molecular formula is C39H34Cl2N2O6. The van der Waals surface area contributed by atoms with Crippen LogP contribution in [0.25, 0.3) is 0 Å². The lowest BCUT2D eigenvalue weighted by Gasteiger charge is -2.43. The van der Waals surface area contributed by atoms with E-state index in [-0.39, 0.29) is 32.7 Å². The largest absolute Gasteiger partial charge is 0.466 e. The highest BCUT2D eigenvalue weighted by atomic mass is 35.5. The summed E-state index contributed by atoms with van der Waals surface area (Å²) in [5.74, 6) is -4.88. The molecule has 0 N–H and O–H groups in total. The van der Waals surface area contributed by atoms with Crippen molar-refractivity contribution >= 4 is 58.3 Å². The maximum Gasteiger partial charge on any atom is 0.310 e. The highest BCUT2D eigenvalue weighted by Gasteiger charge is 2.82. The number of rotatable bonds is 8. The van der Waals surface area contributed by atoms with E-state index in [0.717, 1.165) is 11.1 Å². The Hall–Kier alpha value is -4.66. The van der Waals surface area contributed by atoms with Crippen molar-refractivity contribution in [2.45, 2.75) is 44.2 Å². The van der Waals surface area contributed by atoms with Gasteiger partial charge in [0.15, 0.2) is 0 Å². The van der Waals surface area contributed by atoms with E-state index in [2.05, 4.69) is 0 Å². The average molecular weight is 698 g/mol. The van der Waals surface area contributed by atoms with Crippen LogP contribution in [0, 0.1) is 11.8 Å². The van der Waals surface area contributed by atoms with Gasteiger partial charge in [0, 0.05) is 21.4 Å². The summed E-state index contributed by atoms with van der Waals surface area (Å²) in [6.45, 7) is 3.72. The molecule has 2 spiro atoms. The van der Waals surface area contributed by atoms with Gasteiger partial charge in [-0.05, 0) is 78.9 Å². The third kappa shape index (κ3) is 4.79. The number of carbonyl (C=O) groups excluding carboxylic acids is 4. The number of amides is 2. The molecule has 0 aromatic heterocycles. The Balaban J connectivity index is 1.58. The number of benzene rings is 4. The van der Waals surface area contributed by atoms with E-state index in [9.17, 15) is 9.59 Å². The number of carbonyl (C=O) groups is 4. The van der Waals surface area contributed by atoms with Gasteiger partial charge in [-0.15, -0.1) is 0 Å². The highest BCUT2D eigenvalue weighted by molar-refractivity contribution is 6.32. The molecule has 4 aromatic rings. The lowest BCUT2D eigenvalue weighted by molar-refractivity contribution is -0.155. The fraction of sp³-hybridized carbons (Fsp3) is 0.282. The first-order chi connectivity index (χ1) is 23.7. The van der Waals surface area contributed by atoms with Crippen LogP contribution < -0.4 is 9.80 Å². The lowest BCUT2D eigenvalue weighted by atomic mass is 9.54. The zero-order valence-corrected chi connectivity index (χ0v) is 28.5. The summed E-state index contributed by atoms with van der Waals surface area (Å²) in [6, 6.07) is 29.0. The van der Waals surface area contributed by atoms with Gasteiger partial charge in [0.05, 0.1) is 38.1 Å². The second kappa shape index (κ2) is 12.7. The van der Waals surface area contributed by atoms with Crippen molar-refractivity contribution in [3.8, 4) is 0 Å². The minimum atomic E-state index is -1.95. The molecule has 0 bridgehead atoms. The van der Waals surface area contributed by atoms with Crippen molar-refractivity contribution < 1.29 is 28.7 Å². The molecule has 2 amide bonds. The third-order valence-corrected chi connectivity index (χ3v) is 10.6. The van der Waals surface area contributed by atoms with Crippen LogP contribution in [0.15, 0.2) is 97.1 Å². The summed E-state index contributed by atoms with van der Waals surface area (Å²) in [5.41, 5.74) is -0.479. The molecule has 0 saturated heterocycles. The number of hydrogen-bond acceptors (Lipinski definition) is 6. The molecular weight excluding hydrogens is 663 g/mol. The van der Waals surface area contributed by atoms with E-state index in [4.69, 9.17) is 32.7 Å². The van der Waals surface area contributed by atoms with Crippen molar-refractivity contribution in [1.82, 2.24) is 0 Å². The number of ether oxygens (including phenoxy) is 2. The fourth-order valence-electron chi connectivity index (χ4n) is 8.45. The maximum absolute atomic E-state index is 15.7. The van der Waals surface area contributed by atoms with E-state index >= 15 is 9.59 Å². The predicted octanol–water partition coefficient (Wildman–Crippen LogP) is 7.03. The number of nitrogens with zero attached hydrogens (tertiary/aromatic N) is 2. The Kier molecular flexibility index (Phi) is 8.49. The molecule has 0 radical (unpaired) electrons. The van der Waals surface area contributed by atoms with Gasteiger partial charge in [-0.3, -0.25) is 19.2 Å². The van der Waals surface area contributed by atoms with Crippen LogP contribution in [0.3, 0.4) is 0 Å². The molecule has 1 fully saturated rings. The quantitative estimate of drug-likeness (QED) is 0.184. The predicted molar refractivity (Wildman–Crippen MR) is 186 cm³/mol. The Morgan fingerprint density at radius 2 is 1.04 bits per heavy atom. The monoisotopic (exact) mass is 696 g/mol. The zero-order chi connectivity index (χ0) is 34.5. The highest BCUT2D eigenvalue weighted by Crippen LogP contribution is 2.70. The second-order valence-corrected chi connectivity index (χ2v) is 13.4. The average Bonchev–Trinajstić information content (AvgIpc) is 3.64. The van der Waals surface area contributed by atoms with Crippen LogP contribution >= 0.6 is 23.2 Å². The summed E-state index contributed by atoms with van der Waals surface area (Å²) in [4.78, 5) is 63.3. The molecule has 8 nitrogen and oxygen atoms in total. The first-order valence-electron chi connectivity index (χ1n) is 16.3. The normalized spacial score (nSPS) is 23.7. The van der Waals surface area contributed by atoms with Gasteiger partial charge in [0.1, 0.15) is 10.8 Å². The van der Waals surface area contributed by atoms with Crippen LogP contribution in [-0.4, -0.2) is 37.0 Å². The van der Waals surface area contributed by atoms with Crippen molar-refractivity contribution in [3.63, 3.8) is 0 Å². The minimum absolute atomic E-state index is 0.0311. The maximum atomic E-state index is 15.7. The number of esters is 2. The summed E-state index contributed by atoms with van der Waals surface area (Å²) in [5, 5.41) is 0.616. The van der Waals surface area contributed by atoms with Crippen LogP contribution in [0.2, 0.25) is 10.0 Å². The molecule has 250 valence electrons. The summed E-state index contributed by atoms with van der Waals surface area (Å²) < 4.78 is 11.3. The van der Waals surface area contributed by atoms with Gasteiger partial charge in [0.25, 0.3) is 0 Å². The Bertz CT molecular complexity index is 1830. The zero-order valence-electron chi connectivity index (χ0n) is 27.0. The van der Waals surface area contributed by atoms with Gasteiger partial charge in [-0.2, -0.15) is 0 Å². The SMILES string of the molecule is CCOC(=O)[C@H]1C[C@H](C(=O)OCC)[C@]2(C(=O)N(Cc3ccccc3)c3ccc(Cl)cc32)[C@]12C(=O)N(Cc1ccccc1)c1ccc(Cl)cc12. The van der Waals surface area contributed by atoms with Crippen molar-refractivity contribution in [1.29, 1.82) is 0 Å². The standard InChI is InChI=1S/C39H34Cl2N2O6/c1-3-48-34(44)30-21-31(35(45)49-4-2)39(29-20-27(41)16-18-33(29)43(37(39)47)23-25-13-9-6-10-14-25)38(30)28-19-26(40)15-17-32(28)42(36(38)46)22-24-11-7-5-8-12-24/h5-20,30-31H,3-4,21-23H2,1-2H3/t30-,31-,38-,39+/m1/s1. The first kappa shape index (κ1) is 32.9. The fourth-order valence-corrected chi connectivity index (χ4v) is 8.79. The van der Waals surface area contributed by atoms with Crippen molar-refractivity contribution in [2.75, 3.05) is 23.0 Å². The molecule has 4 aromatic carbocycles. The molecule has 2 heterocycles. The van der Waals surface area contributed by atoms with Crippen LogP contribution in [-0.2, 0) is 52.6 Å². The summed E-state index contributed by atoms with van der Waals surface area (Å²) in [7, 11) is 0. The molecule has 1 saturated carbocycles. The van der Waals surface area contributed by atoms with Gasteiger partial charge in [0.2, 0.25) is 11.8 Å². The van der Waals surface area contributed by atoms with Crippen LogP contribution in [0.1, 0.15) is 42.5 Å². The lowest BCUT2D eigenvalue weighted by Crippen LogP contribution is -2.63. The number of fused-ring (bicyclic) bond motifs is 5. The molecule has 10 heteroatoms. The Morgan fingerprint density at radius 1 is 0.653 bits per heavy atom. The molecule has 4 atom stereocenters. The van der Waals surface area contributed by atoms with E-state index in [1.807, 2.05) is 60.7 Å². The van der Waals surface area contributed by atoms with Crippen molar-refractivity contribution in [2.24, 2.45) is 11.8 Å². The van der Waals surface area contributed by atoms with Gasteiger partial charge in [-0.1, -0.05) is 83.9 Å². The molecule has 0 unspecified atom stereocenters. The number of anilines is 2. The third-order valence-electron chi connectivity index (χ3n) is 10.2. The van der Waals surface area contributed by atoms with Gasteiger partial charge >= 0.3 is 11.9 Å².